The number of benzene rings is 1. The normalized spacial score (nSPS) is 9.00. The van der Waals surface area contributed by atoms with Crippen molar-refractivity contribution < 1.29 is 0 Å². The second kappa shape index (κ2) is 2.69. The lowest BCUT2D eigenvalue weighted by molar-refractivity contribution is 1.44. The third-order valence-electron chi connectivity index (χ3n) is 1.04. The number of thiol groups is 1. The molecule has 46 valence electrons. The smallest absolute Gasteiger partial charge is 0.0250 e. The van der Waals surface area contributed by atoms with E-state index >= 15 is 0 Å². The van der Waals surface area contributed by atoms with E-state index in [0.29, 0.717) is 0 Å². The van der Waals surface area contributed by atoms with Gasteiger partial charge in [0.1, 0.15) is 0 Å². The molecule has 1 N–H and O–H groups in total. The predicted octanol–water partition coefficient (Wildman–Crippen LogP) is 1.97. The summed E-state index contributed by atoms with van der Waals surface area (Å²) in [5, 5.41) is 6.88. The highest BCUT2D eigenvalue weighted by atomic mass is 32.1. The van der Waals surface area contributed by atoms with Crippen LogP contribution in [0.3, 0.4) is 0 Å². The summed E-state index contributed by atoms with van der Waals surface area (Å²) in [6.45, 7) is 0. The highest BCUT2D eigenvalue weighted by Crippen LogP contribution is 2.05. The van der Waals surface area contributed by atoms with E-state index in [1.807, 2.05) is 24.3 Å². The van der Waals surface area contributed by atoms with Crippen LogP contribution in [0, 0.1) is 5.41 Å². The fourth-order valence-corrected chi connectivity index (χ4v) is 0.850. The largest absolute Gasteiger partial charge is 0.308 e. The number of hydrogen-bond donors (Lipinski definition) is 2. The summed E-state index contributed by atoms with van der Waals surface area (Å²) in [4.78, 5) is 0.899. The first kappa shape index (κ1) is 6.36. The minimum Gasteiger partial charge on any atom is -0.308 e. The number of hydrogen-bond acceptors (Lipinski definition) is 2. The van der Waals surface area contributed by atoms with Crippen molar-refractivity contribution in [3.05, 3.63) is 29.8 Å². The standard InChI is InChI=1S/C7H7NS/c8-5-6-2-1-3-7(9)4-6/h1-5,8-9H. The summed E-state index contributed by atoms with van der Waals surface area (Å²) in [7, 11) is 0. The van der Waals surface area contributed by atoms with E-state index in [0.717, 1.165) is 10.5 Å². The Hall–Kier alpha value is -0.760. The van der Waals surface area contributed by atoms with Crippen LogP contribution in [0.1, 0.15) is 5.56 Å². The van der Waals surface area contributed by atoms with E-state index in [2.05, 4.69) is 12.6 Å². The van der Waals surface area contributed by atoms with Gasteiger partial charge in [-0.25, -0.2) is 0 Å². The lowest BCUT2D eigenvalue weighted by Crippen LogP contribution is -1.76. The van der Waals surface area contributed by atoms with Crippen molar-refractivity contribution in [2.45, 2.75) is 4.90 Å². The minimum atomic E-state index is 0.891. The number of rotatable bonds is 1. The molecule has 0 saturated heterocycles. The van der Waals surface area contributed by atoms with Crippen LogP contribution >= 0.6 is 12.6 Å². The molecule has 0 aliphatic heterocycles. The molecule has 0 aliphatic carbocycles. The van der Waals surface area contributed by atoms with E-state index in [-0.39, 0.29) is 0 Å². The number of nitrogens with one attached hydrogen (secondary N) is 1. The summed E-state index contributed by atoms with van der Waals surface area (Å²) >= 11 is 4.10. The second-order valence-corrected chi connectivity index (χ2v) is 2.26. The van der Waals surface area contributed by atoms with Gasteiger partial charge in [-0.05, 0) is 17.7 Å². The lowest BCUT2D eigenvalue weighted by atomic mass is 10.2. The van der Waals surface area contributed by atoms with Crippen molar-refractivity contribution in [3.63, 3.8) is 0 Å². The highest BCUT2D eigenvalue weighted by Gasteiger charge is 1.84. The van der Waals surface area contributed by atoms with E-state index in [9.17, 15) is 0 Å². The Morgan fingerprint density at radius 1 is 1.44 bits per heavy atom. The lowest BCUT2D eigenvalue weighted by Gasteiger charge is -1.90. The molecule has 0 bridgehead atoms. The molecule has 0 fully saturated rings. The molecule has 0 unspecified atom stereocenters. The average molecular weight is 137 g/mol. The van der Waals surface area contributed by atoms with Crippen LogP contribution in [0.2, 0.25) is 0 Å². The molecule has 0 spiro atoms. The molecule has 1 aromatic rings. The Morgan fingerprint density at radius 3 is 2.67 bits per heavy atom. The Balaban J connectivity index is 3.07. The topological polar surface area (TPSA) is 23.9 Å². The van der Waals surface area contributed by atoms with Crippen molar-refractivity contribution in [2.75, 3.05) is 0 Å². The molecule has 2 heteroatoms. The third kappa shape index (κ3) is 1.57. The third-order valence-corrected chi connectivity index (χ3v) is 1.32. The average Bonchev–Trinajstić information content (AvgIpc) is 1.88. The summed E-state index contributed by atoms with van der Waals surface area (Å²) in [6, 6.07) is 7.47. The summed E-state index contributed by atoms with van der Waals surface area (Å²) in [5.41, 5.74) is 0.891. The van der Waals surface area contributed by atoms with Gasteiger partial charge in [0.05, 0.1) is 0 Å². The van der Waals surface area contributed by atoms with Crippen LogP contribution in [0.5, 0.6) is 0 Å². The van der Waals surface area contributed by atoms with Gasteiger partial charge in [0, 0.05) is 11.1 Å². The summed E-state index contributed by atoms with van der Waals surface area (Å²) in [6.07, 6.45) is 1.31. The molecule has 0 saturated carbocycles. The molecule has 0 aromatic heterocycles. The molecule has 9 heavy (non-hydrogen) atoms. The van der Waals surface area contributed by atoms with Crippen LogP contribution in [-0.4, -0.2) is 6.21 Å². The fourth-order valence-electron chi connectivity index (χ4n) is 0.615. The first-order chi connectivity index (χ1) is 4.33. The van der Waals surface area contributed by atoms with Crippen molar-refractivity contribution in [1.29, 1.82) is 5.41 Å². The zero-order valence-electron chi connectivity index (χ0n) is 4.83. The van der Waals surface area contributed by atoms with Crippen molar-refractivity contribution in [1.82, 2.24) is 0 Å². The first-order valence-electron chi connectivity index (χ1n) is 2.62. The van der Waals surface area contributed by atoms with Crippen molar-refractivity contribution in [3.8, 4) is 0 Å². The van der Waals surface area contributed by atoms with Crippen LogP contribution in [0.15, 0.2) is 29.2 Å². The minimum absolute atomic E-state index is 0.891. The second-order valence-electron chi connectivity index (χ2n) is 1.74. The SMILES string of the molecule is N=Cc1cccc(S)c1. The van der Waals surface area contributed by atoms with Crippen LogP contribution in [0.25, 0.3) is 0 Å². The van der Waals surface area contributed by atoms with Gasteiger partial charge in [0.2, 0.25) is 0 Å². The van der Waals surface area contributed by atoms with Gasteiger partial charge in [0.25, 0.3) is 0 Å². The van der Waals surface area contributed by atoms with E-state index in [1.165, 1.54) is 6.21 Å². The maximum atomic E-state index is 6.88. The van der Waals surface area contributed by atoms with E-state index < -0.39 is 0 Å². The molecule has 1 nitrogen and oxygen atoms in total. The molecular formula is C7H7NS. The van der Waals surface area contributed by atoms with Gasteiger partial charge in [-0.15, -0.1) is 12.6 Å². The van der Waals surface area contributed by atoms with E-state index in [4.69, 9.17) is 5.41 Å². The van der Waals surface area contributed by atoms with E-state index in [1.54, 1.807) is 0 Å². The Labute approximate surface area is 59.6 Å². The zero-order chi connectivity index (χ0) is 6.69. The van der Waals surface area contributed by atoms with Gasteiger partial charge >= 0.3 is 0 Å². The Kier molecular flexibility index (Phi) is 1.90. The molecule has 0 heterocycles. The van der Waals surface area contributed by atoms with Crippen LogP contribution in [-0.2, 0) is 0 Å². The predicted molar refractivity (Wildman–Crippen MR) is 41.6 cm³/mol. The Bertz CT molecular complexity index is 220. The zero-order valence-corrected chi connectivity index (χ0v) is 5.73. The molecular weight excluding hydrogens is 130 g/mol. The van der Waals surface area contributed by atoms with Gasteiger partial charge in [0.15, 0.2) is 0 Å². The summed E-state index contributed by atoms with van der Waals surface area (Å²) in [5.74, 6) is 0. The van der Waals surface area contributed by atoms with Crippen LogP contribution in [0.4, 0.5) is 0 Å². The highest BCUT2D eigenvalue weighted by molar-refractivity contribution is 7.80. The van der Waals surface area contributed by atoms with Gasteiger partial charge in [-0.3, -0.25) is 0 Å². The molecule has 1 rings (SSSR count). The van der Waals surface area contributed by atoms with Crippen molar-refractivity contribution in [2.24, 2.45) is 0 Å². The maximum Gasteiger partial charge on any atom is 0.0250 e. The molecule has 0 amide bonds. The van der Waals surface area contributed by atoms with Crippen LogP contribution < -0.4 is 0 Å². The quantitative estimate of drug-likeness (QED) is 0.437. The molecule has 1 aromatic carbocycles. The molecule has 0 atom stereocenters. The van der Waals surface area contributed by atoms with Gasteiger partial charge in [-0.1, -0.05) is 12.1 Å². The maximum absolute atomic E-state index is 6.88. The van der Waals surface area contributed by atoms with Gasteiger partial charge in [-0.2, -0.15) is 0 Å². The first-order valence-corrected chi connectivity index (χ1v) is 3.07. The summed E-state index contributed by atoms with van der Waals surface area (Å²) < 4.78 is 0. The van der Waals surface area contributed by atoms with Gasteiger partial charge < -0.3 is 5.41 Å². The monoisotopic (exact) mass is 137 g/mol. The van der Waals surface area contributed by atoms with Crippen molar-refractivity contribution >= 4 is 18.8 Å². The Morgan fingerprint density at radius 2 is 2.22 bits per heavy atom. The molecule has 0 radical (unpaired) electrons. The molecule has 0 aliphatic rings. The fraction of sp³-hybridized carbons (Fsp3) is 0.